The Bertz CT molecular complexity index is 25.3. The summed E-state index contributed by atoms with van der Waals surface area (Å²) in [6.07, 6.45) is 0. The van der Waals surface area contributed by atoms with Crippen LogP contribution in [0.1, 0.15) is 0 Å². The predicted molar refractivity (Wildman–Crippen MR) is 27.5 cm³/mol. The van der Waals surface area contributed by atoms with Gasteiger partial charge in [-0.3, -0.25) is 17.0 Å². The molecule has 0 rings (SSSR count). The van der Waals surface area contributed by atoms with Crippen LogP contribution in [0.3, 0.4) is 0 Å². The third-order valence-corrected chi connectivity index (χ3v) is 0.454. The van der Waals surface area contributed by atoms with E-state index in [9.17, 15) is 0 Å². The van der Waals surface area contributed by atoms with Crippen molar-refractivity contribution >= 4 is 0 Å². The summed E-state index contributed by atoms with van der Waals surface area (Å²) in [7, 11) is 0. The first kappa shape index (κ1) is 6.80. The van der Waals surface area contributed by atoms with Crippen LogP contribution in [0, 0.1) is 0 Å². The molecule has 0 aliphatic heterocycles. The van der Waals surface area contributed by atoms with Crippen molar-refractivity contribution in [3.63, 3.8) is 0 Å². The van der Waals surface area contributed by atoms with Crippen LogP contribution in [0.15, 0.2) is 0 Å². The van der Waals surface area contributed by atoms with E-state index < -0.39 is 0 Å². The zero-order valence-electron chi connectivity index (χ0n) is 4.07. The monoisotopic (exact) mass is 105 g/mol. The SMILES string of the molecule is NNCNCNN. The highest BCUT2D eigenvalue weighted by atomic mass is 15.3. The third kappa shape index (κ3) is 5.80. The Morgan fingerprint density at radius 1 is 1.00 bits per heavy atom. The molecule has 0 aromatic heterocycles. The van der Waals surface area contributed by atoms with E-state index >= 15 is 0 Å². The number of nitrogens with two attached hydrogens (primary N) is 2. The van der Waals surface area contributed by atoms with Crippen LogP contribution in [0.4, 0.5) is 0 Å². The summed E-state index contributed by atoms with van der Waals surface area (Å²) in [6.45, 7) is 1.12. The summed E-state index contributed by atoms with van der Waals surface area (Å²) in [4.78, 5) is 0. The molecule has 0 amide bonds. The molecular weight excluding hydrogens is 94.1 g/mol. The number of hydrazine groups is 2. The minimum atomic E-state index is 0.560. The van der Waals surface area contributed by atoms with Gasteiger partial charge < -0.3 is 0 Å². The average Bonchev–Trinajstić information content (AvgIpc) is 1.69. The van der Waals surface area contributed by atoms with Gasteiger partial charge in [0.15, 0.2) is 0 Å². The van der Waals surface area contributed by atoms with Crippen LogP contribution in [0.25, 0.3) is 0 Å². The molecule has 7 heavy (non-hydrogen) atoms. The Balaban J connectivity index is 2.45. The van der Waals surface area contributed by atoms with E-state index in [1.807, 2.05) is 0 Å². The maximum atomic E-state index is 4.89. The smallest absolute Gasteiger partial charge is 0.0597 e. The minimum absolute atomic E-state index is 0.560. The standard InChI is InChI=1S/C2H11N5/c3-6-1-5-2-7-4/h5-7H,1-4H2. The molecule has 0 aliphatic carbocycles. The van der Waals surface area contributed by atoms with Crippen molar-refractivity contribution in [1.29, 1.82) is 0 Å². The van der Waals surface area contributed by atoms with E-state index in [4.69, 9.17) is 11.7 Å². The van der Waals surface area contributed by atoms with Gasteiger partial charge in [0.25, 0.3) is 0 Å². The van der Waals surface area contributed by atoms with Gasteiger partial charge in [0, 0.05) is 0 Å². The van der Waals surface area contributed by atoms with Gasteiger partial charge in [0.2, 0.25) is 0 Å². The molecule has 0 bridgehead atoms. The second-order valence-corrected chi connectivity index (χ2v) is 1.01. The summed E-state index contributed by atoms with van der Waals surface area (Å²) in [5, 5.41) is 2.81. The molecule has 0 unspecified atom stereocenters. The van der Waals surface area contributed by atoms with Crippen LogP contribution < -0.4 is 27.9 Å². The van der Waals surface area contributed by atoms with E-state index in [-0.39, 0.29) is 0 Å². The molecule has 5 heteroatoms. The molecule has 0 saturated carbocycles. The van der Waals surface area contributed by atoms with Crippen LogP contribution in [-0.4, -0.2) is 13.3 Å². The second kappa shape index (κ2) is 5.80. The third-order valence-electron chi connectivity index (χ3n) is 0.454. The number of hydrogen-bond donors (Lipinski definition) is 5. The first-order valence-electron chi connectivity index (χ1n) is 1.99. The fraction of sp³-hybridized carbons (Fsp3) is 1.00. The average molecular weight is 105 g/mol. The molecule has 0 fully saturated rings. The Labute approximate surface area is 42.4 Å². The fourth-order valence-corrected chi connectivity index (χ4v) is 0.207. The fourth-order valence-electron chi connectivity index (χ4n) is 0.207. The van der Waals surface area contributed by atoms with Gasteiger partial charge in [-0.1, -0.05) is 0 Å². The summed E-state index contributed by atoms with van der Waals surface area (Å²) >= 11 is 0. The topological polar surface area (TPSA) is 88.1 Å². The van der Waals surface area contributed by atoms with Crippen molar-refractivity contribution < 1.29 is 0 Å². The van der Waals surface area contributed by atoms with E-state index in [0.29, 0.717) is 13.3 Å². The molecule has 0 spiro atoms. The quantitative estimate of drug-likeness (QED) is 0.117. The zero-order chi connectivity index (χ0) is 5.54. The van der Waals surface area contributed by atoms with Crippen molar-refractivity contribution in [2.24, 2.45) is 11.7 Å². The molecule has 0 aliphatic rings. The minimum Gasteiger partial charge on any atom is -0.290 e. The predicted octanol–water partition coefficient (Wildman–Crippen LogP) is -2.58. The molecule has 0 saturated heterocycles. The first-order valence-corrected chi connectivity index (χ1v) is 1.99. The Kier molecular flexibility index (Phi) is 5.63. The van der Waals surface area contributed by atoms with Crippen molar-refractivity contribution in [2.45, 2.75) is 0 Å². The van der Waals surface area contributed by atoms with E-state index in [1.165, 1.54) is 0 Å². The first-order chi connectivity index (χ1) is 3.41. The van der Waals surface area contributed by atoms with Gasteiger partial charge in [-0.15, -0.1) is 0 Å². The van der Waals surface area contributed by atoms with Crippen molar-refractivity contribution in [1.82, 2.24) is 16.2 Å². The van der Waals surface area contributed by atoms with Crippen molar-refractivity contribution in [3.8, 4) is 0 Å². The van der Waals surface area contributed by atoms with Gasteiger partial charge >= 0.3 is 0 Å². The van der Waals surface area contributed by atoms with Crippen LogP contribution >= 0.6 is 0 Å². The lowest BCUT2D eigenvalue weighted by Gasteiger charge is -1.98. The van der Waals surface area contributed by atoms with E-state index in [1.54, 1.807) is 0 Å². The molecule has 0 aromatic rings. The molecule has 0 radical (unpaired) electrons. The van der Waals surface area contributed by atoms with E-state index in [2.05, 4.69) is 16.2 Å². The molecule has 5 nitrogen and oxygen atoms in total. The summed E-state index contributed by atoms with van der Waals surface area (Å²) in [5.74, 6) is 9.78. The highest BCUT2D eigenvalue weighted by Gasteiger charge is 1.73. The van der Waals surface area contributed by atoms with Crippen LogP contribution in [0.2, 0.25) is 0 Å². The normalized spacial score (nSPS) is 9.43. The lowest BCUT2D eigenvalue weighted by molar-refractivity contribution is 0.554. The molecule has 0 heterocycles. The van der Waals surface area contributed by atoms with Gasteiger partial charge in [0.1, 0.15) is 0 Å². The molecule has 44 valence electrons. The molecule has 7 N–H and O–H groups in total. The zero-order valence-corrected chi connectivity index (χ0v) is 4.07. The van der Waals surface area contributed by atoms with Crippen LogP contribution in [0.5, 0.6) is 0 Å². The van der Waals surface area contributed by atoms with Crippen molar-refractivity contribution in [3.05, 3.63) is 0 Å². The van der Waals surface area contributed by atoms with E-state index in [0.717, 1.165) is 0 Å². The molecule has 0 aromatic carbocycles. The van der Waals surface area contributed by atoms with Crippen molar-refractivity contribution in [2.75, 3.05) is 13.3 Å². The largest absolute Gasteiger partial charge is 0.290 e. The van der Waals surface area contributed by atoms with Gasteiger partial charge in [-0.2, -0.15) is 0 Å². The number of hydrogen-bond acceptors (Lipinski definition) is 5. The molecular formula is C2H11N5. The Morgan fingerprint density at radius 2 is 1.43 bits per heavy atom. The van der Waals surface area contributed by atoms with Crippen LogP contribution in [-0.2, 0) is 0 Å². The van der Waals surface area contributed by atoms with Gasteiger partial charge in [-0.25, -0.2) is 10.9 Å². The lowest BCUT2D eigenvalue weighted by atomic mass is 11.0. The number of rotatable bonds is 4. The maximum Gasteiger partial charge on any atom is 0.0597 e. The lowest BCUT2D eigenvalue weighted by Crippen LogP contribution is -2.41. The molecule has 0 atom stereocenters. The Morgan fingerprint density at radius 3 is 1.71 bits per heavy atom. The Hall–Kier alpha value is -0.200. The highest BCUT2D eigenvalue weighted by molar-refractivity contribution is 4.31. The number of nitrogens with one attached hydrogen (secondary N) is 3. The second-order valence-electron chi connectivity index (χ2n) is 1.01. The van der Waals surface area contributed by atoms with Gasteiger partial charge in [0.05, 0.1) is 13.3 Å². The summed E-state index contributed by atoms with van der Waals surface area (Å²) in [6, 6.07) is 0. The summed E-state index contributed by atoms with van der Waals surface area (Å²) < 4.78 is 0. The maximum absolute atomic E-state index is 4.89. The van der Waals surface area contributed by atoms with Gasteiger partial charge in [-0.05, 0) is 0 Å². The summed E-state index contributed by atoms with van der Waals surface area (Å²) in [5.41, 5.74) is 4.79. The highest BCUT2D eigenvalue weighted by Crippen LogP contribution is 1.37.